The fourth-order valence-corrected chi connectivity index (χ4v) is 2.21. The zero-order chi connectivity index (χ0) is 12.0. The second-order valence-corrected chi connectivity index (χ2v) is 4.84. The van der Waals surface area contributed by atoms with Crippen molar-refractivity contribution >= 4 is 6.03 Å². The van der Waals surface area contributed by atoms with Gasteiger partial charge in [-0.2, -0.15) is 0 Å². The topological polar surface area (TPSA) is 44.4 Å². The lowest BCUT2D eigenvalue weighted by molar-refractivity contribution is 0.144. The summed E-state index contributed by atoms with van der Waals surface area (Å²) in [5, 5.41) is 6.14. The number of urea groups is 1. The lowest BCUT2D eigenvalue weighted by Gasteiger charge is -2.36. The number of hydrogen-bond donors (Lipinski definition) is 2. The summed E-state index contributed by atoms with van der Waals surface area (Å²) in [6.07, 6.45) is 4.59. The summed E-state index contributed by atoms with van der Waals surface area (Å²) in [7, 11) is 1.96. The molecule has 1 saturated heterocycles. The second-order valence-electron chi connectivity index (χ2n) is 4.84. The van der Waals surface area contributed by atoms with Gasteiger partial charge in [0.15, 0.2) is 0 Å². The maximum atomic E-state index is 12.0. The highest BCUT2D eigenvalue weighted by atomic mass is 16.2. The van der Waals surface area contributed by atoms with Crippen LogP contribution in [0, 0.1) is 0 Å². The van der Waals surface area contributed by atoms with Crippen molar-refractivity contribution in [1.29, 1.82) is 0 Å². The zero-order valence-corrected chi connectivity index (χ0v) is 10.8. The predicted molar refractivity (Wildman–Crippen MR) is 66.6 cm³/mol. The molecule has 1 aliphatic rings. The van der Waals surface area contributed by atoms with Crippen molar-refractivity contribution in [2.24, 2.45) is 0 Å². The molecule has 16 heavy (non-hydrogen) atoms. The fraction of sp³-hybridized carbons (Fsp3) is 0.917. The molecule has 1 heterocycles. The first-order chi connectivity index (χ1) is 7.65. The number of carbonyl (C=O) groups is 1. The first-order valence-electron chi connectivity index (χ1n) is 6.37. The van der Waals surface area contributed by atoms with Crippen LogP contribution in [0.15, 0.2) is 0 Å². The lowest BCUT2D eigenvalue weighted by atomic mass is 10.00. The molecule has 0 aliphatic carbocycles. The zero-order valence-electron chi connectivity index (χ0n) is 10.8. The van der Waals surface area contributed by atoms with Gasteiger partial charge in [-0.3, -0.25) is 0 Å². The van der Waals surface area contributed by atoms with Crippen LogP contribution in [0.25, 0.3) is 0 Å². The molecule has 1 atom stereocenters. The van der Waals surface area contributed by atoms with Crippen LogP contribution in [0.2, 0.25) is 0 Å². The van der Waals surface area contributed by atoms with Crippen LogP contribution >= 0.6 is 0 Å². The van der Waals surface area contributed by atoms with Gasteiger partial charge in [-0.05, 0) is 53.1 Å². The molecule has 1 fully saturated rings. The van der Waals surface area contributed by atoms with Crippen LogP contribution < -0.4 is 10.6 Å². The van der Waals surface area contributed by atoms with Crippen molar-refractivity contribution in [2.45, 2.75) is 51.6 Å². The summed E-state index contributed by atoms with van der Waals surface area (Å²) < 4.78 is 0. The summed E-state index contributed by atoms with van der Waals surface area (Å²) in [6.45, 7) is 5.90. The number of piperidine rings is 1. The number of nitrogens with one attached hydrogen (secondary N) is 2. The van der Waals surface area contributed by atoms with E-state index in [2.05, 4.69) is 10.6 Å². The predicted octanol–water partition coefficient (Wildman–Crippen LogP) is 1.57. The Morgan fingerprint density at radius 3 is 2.81 bits per heavy atom. The van der Waals surface area contributed by atoms with E-state index in [9.17, 15) is 4.79 Å². The van der Waals surface area contributed by atoms with E-state index in [1.54, 1.807) is 0 Å². The number of likely N-dealkylation sites (tertiary alicyclic amines) is 1. The molecule has 4 heteroatoms. The molecule has 0 radical (unpaired) electrons. The van der Waals surface area contributed by atoms with E-state index < -0.39 is 0 Å². The molecule has 1 aliphatic heterocycles. The van der Waals surface area contributed by atoms with E-state index in [1.807, 2.05) is 25.8 Å². The Labute approximate surface area is 98.8 Å². The van der Waals surface area contributed by atoms with E-state index in [0.29, 0.717) is 6.04 Å². The molecular formula is C12H25N3O. The summed E-state index contributed by atoms with van der Waals surface area (Å²) in [4.78, 5) is 14.0. The van der Waals surface area contributed by atoms with E-state index in [1.165, 1.54) is 6.42 Å². The third-order valence-electron chi connectivity index (χ3n) is 3.03. The number of nitrogens with zero attached hydrogens (tertiary/aromatic N) is 1. The van der Waals surface area contributed by atoms with Crippen molar-refractivity contribution in [3.63, 3.8) is 0 Å². The van der Waals surface area contributed by atoms with E-state index in [-0.39, 0.29) is 12.1 Å². The normalized spacial score (nSPS) is 21.2. The van der Waals surface area contributed by atoms with Gasteiger partial charge >= 0.3 is 6.03 Å². The average Bonchev–Trinajstić information content (AvgIpc) is 2.25. The third-order valence-corrected chi connectivity index (χ3v) is 3.03. The standard InChI is InChI=1S/C12H25N3O/c1-10(2)14-12(16)15-9-5-4-6-11(15)7-8-13-3/h10-11,13H,4-9H2,1-3H3,(H,14,16). The molecule has 1 unspecified atom stereocenters. The number of rotatable bonds is 4. The van der Waals surface area contributed by atoms with Crippen molar-refractivity contribution in [2.75, 3.05) is 20.1 Å². The quantitative estimate of drug-likeness (QED) is 0.765. The summed E-state index contributed by atoms with van der Waals surface area (Å²) in [5.41, 5.74) is 0. The smallest absolute Gasteiger partial charge is 0.317 e. The summed E-state index contributed by atoms with van der Waals surface area (Å²) >= 11 is 0. The molecule has 4 nitrogen and oxygen atoms in total. The molecule has 0 aromatic carbocycles. The van der Waals surface area contributed by atoms with Crippen molar-refractivity contribution in [3.05, 3.63) is 0 Å². The highest BCUT2D eigenvalue weighted by molar-refractivity contribution is 5.74. The van der Waals surface area contributed by atoms with Gasteiger partial charge in [-0.1, -0.05) is 0 Å². The minimum Gasteiger partial charge on any atom is -0.336 e. The molecule has 94 valence electrons. The van der Waals surface area contributed by atoms with Gasteiger partial charge < -0.3 is 15.5 Å². The maximum absolute atomic E-state index is 12.0. The maximum Gasteiger partial charge on any atom is 0.317 e. The minimum atomic E-state index is 0.107. The van der Waals surface area contributed by atoms with Gasteiger partial charge in [0, 0.05) is 18.6 Å². The second kappa shape index (κ2) is 6.74. The average molecular weight is 227 g/mol. The van der Waals surface area contributed by atoms with Crippen molar-refractivity contribution in [1.82, 2.24) is 15.5 Å². The molecule has 0 saturated carbocycles. The molecule has 2 N–H and O–H groups in total. The van der Waals surface area contributed by atoms with Crippen LogP contribution in [0.1, 0.15) is 39.5 Å². The van der Waals surface area contributed by atoms with Gasteiger partial charge in [0.25, 0.3) is 0 Å². The summed E-state index contributed by atoms with van der Waals surface area (Å²) in [5.74, 6) is 0. The van der Waals surface area contributed by atoms with Crippen LogP contribution in [-0.4, -0.2) is 43.2 Å². The van der Waals surface area contributed by atoms with Crippen LogP contribution in [0.5, 0.6) is 0 Å². The highest BCUT2D eigenvalue weighted by Gasteiger charge is 2.26. The molecule has 0 aromatic rings. The highest BCUT2D eigenvalue weighted by Crippen LogP contribution is 2.19. The molecule has 0 spiro atoms. The number of amides is 2. The number of carbonyl (C=O) groups excluding carboxylic acids is 1. The molecular weight excluding hydrogens is 202 g/mol. The monoisotopic (exact) mass is 227 g/mol. The Morgan fingerprint density at radius 1 is 1.44 bits per heavy atom. The Kier molecular flexibility index (Phi) is 5.60. The Balaban J connectivity index is 2.48. The fourth-order valence-electron chi connectivity index (χ4n) is 2.21. The van der Waals surface area contributed by atoms with Crippen molar-refractivity contribution in [3.8, 4) is 0 Å². The van der Waals surface area contributed by atoms with Gasteiger partial charge in [0.05, 0.1) is 0 Å². The van der Waals surface area contributed by atoms with E-state index in [0.717, 1.165) is 32.4 Å². The molecule has 2 amide bonds. The van der Waals surface area contributed by atoms with E-state index >= 15 is 0 Å². The largest absolute Gasteiger partial charge is 0.336 e. The Bertz CT molecular complexity index is 218. The van der Waals surface area contributed by atoms with Gasteiger partial charge in [0.2, 0.25) is 0 Å². The lowest BCUT2D eigenvalue weighted by Crippen LogP contribution is -2.50. The Hall–Kier alpha value is -0.770. The van der Waals surface area contributed by atoms with Gasteiger partial charge in [-0.25, -0.2) is 4.79 Å². The Morgan fingerprint density at radius 2 is 2.19 bits per heavy atom. The van der Waals surface area contributed by atoms with Gasteiger partial charge in [-0.15, -0.1) is 0 Å². The third kappa shape index (κ3) is 4.00. The van der Waals surface area contributed by atoms with Crippen LogP contribution in [-0.2, 0) is 0 Å². The number of hydrogen-bond acceptors (Lipinski definition) is 2. The minimum absolute atomic E-state index is 0.107. The molecule has 1 rings (SSSR count). The first-order valence-corrected chi connectivity index (χ1v) is 6.37. The SMILES string of the molecule is CNCCC1CCCCN1C(=O)NC(C)C. The van der Waals surface area contributed by atoms with E-state index in [4.69, 9.17) is 0 Å². The summed E-state index contributed by atoms with van der Waals surface area (Å²) in [6, 6.07) is 0.745. The van der Waals surface area contributed by atoms with Crippen LogP contribution in [0.4, 0.5) is 4.79 Å². The van der Waals surface area contributed by atoms with Crippen molar-refractivity contribution < 1.29 is 4.79 Å². The van der Waals surface area contributed by atoms with Crippen LogP contribution in [0.3, 0.4) is 0 Å². The first kappa shape index (κ1) is 13.3. The molecule has 0 bridgehead atoms. The molecule has 0 aromatic heterocycles. The van der Waals surface area contributed by atoms with Gasteiger partial charge in [0.1, 0.15) is 0 Å².